The standard InChI is InChI=1S/C24H18Cl2FNO/c25-21-13-19(9-10-23(21)27)28-14-16-8-11-24(22(26)12-16)29-15-18-6-3-5-17-4-1-2-7-20(17)18/h1-13,28H,14-15H2. The monoisotopic (exact) mass is 425 g/mol. The van der Waals surface area contributed by atoms with Crippen LogP contribution in [-0.4, -0.2) is 0 Å². The van der Waals surface area contributed by atoms with Gasteiger partial charge in [0, 0.05) is 12.2 Å². The van der Waals surface area contributed by atoms with Crippen molar-refractivity contribution in [2.75, 3.05) is 5.32 Å². The third kappa shape index (κ3) is 4.64. The van der Waals surface area contributed by atoms with Crippen molar-refractivity contribution < 1.29 is 9.13 Å². The zero-order valence-corrected chi connectivity index (χ0v) is 17.0. The van der Waals surface area contributed by atoms with E-state index in [9.17, 15) is 4.39 Å². The summed E-state index contributed by atoms with van der Waals surface area (Å²) in [7, 11) is 0. The van der Waals surface area contributed by atoms with Gasteiger partial charge in [-0.15, -0.1) is 0 Å². The molecule has 4 aromatic carbocycles. The summed E-state index contributed by atoms with van der Waals surface area (Å²) in [5.74, 6) is 0.195. The van der Waals surface area contributed by atoms with Gasteiger partial charge in [-0.3, -0.25) is 0 Å². The number of anilines is 1. The van der Waals surface area contributed by atoms with E-state index in [4.69, 9.17) is 27.9 Å². The van der Waals surface area contributed by atoms with Gasteiger partial charge in [-0.2, -0.15) is 0 Å². The average molecular weight is 426 g/mol. The van der Waals surface area contributed by atoms with Gasteiger partial charge in [0.15, 0.2) is 0 Å². The van der Waals surface area contributed by atoms with Crippen LogP contribution in [-0.2, 0) is 13.2 Å². The van der Waals surface area contributed by atoms with Crippen molar-refractivity contribution in [1.29, 1.82) is 0 Å². The Morgan fingerprint density at radius 3 is 2.48 bits per heavy atom. The first-order valence-corrected chi connectivity index (χ1v) is 9.92. The van der Waals surface area contributed by atoms with Gasteiger partial charge in [0.25, 0.3) is 0 Å². The van der Waals surface area contributed by atoms with Crippen LogP contribution in [0.2, 0.25) is 10.0 Å². The second kappa shape index (κ2) is 8.73. The number of benzene rings is 4. The molecule has 0 fully saturated rings. The van der Waals surface area contributed by atoms with Gasteiger partial charge < -0.3 is 10.1 Å². The first-order valence-electron chi connectivity index (χ1n) is 9.17. The Balaban J connectivity index is 1.42. The Bertz CT molecular complexity index is 1160. The minimum Gasteiger partial charge on any atom is -0.487 e. The minimum absolute atomic E-state index is 0.0882. The molecule has 0 aliphatic heterocycles. The maximum atomic E-state index is 13.2. The molecule has 0 aromatic heterocycles. The van der Waals surface area contributed by atoms with E-state index >= 15 is 0 Å². The fourth-order valence-electron chi connectivity index (χ4n) is 3.16. The number of ether oxygens (including phenoxy) is 1. The second-order valence-corrected chi connectivity index (χ2v) is 7.49. The lowest BCUT2D eigenvalue weighted by molar-refractivity contribution is 0.308. The lowest BCUT2D eigenvalue weighted by Gasteiger charge is -2.12. The number of halogens is 3. The molecule has 0 spiro atoms. The SMILES string of the molecule is Fc1ccc(NCc2ccc(OCc3cccc4ccccc34)c(Cl)c2)cc1Cl. The molecule has 0 saturated carbocycles. The predicted octanol–water partition coefficient (Wildman–Crippen LogP) is 7.48. The van der Waals surface area contributed by atoms with E-state index in [1.807, 2.05) is 36.4 Å². The normalized spacial score (nSPS) is 10.9. The molecule has 5 heteroatoms. The van der Waals surface area contributed by atoms with E-state index < -0.39 is 5.82 Å². The smallest absolute Gasteiger partial charge is 0.141 e. The van der Waals surface area contributed by atoms with Gasteiger partial charge in [-0.05, 0) is 52.2 Å². The van der Waals surface area contributed by atoms with Crippen molar-refractivity contribution in [2.24, 2.45) is 0 Å². The third-order valence-corrected chi connectivity index (χ3v) is 5.26. The number of rotatable bonds is 6. The number of fused-ring (bicyclic) bond motifs is 1. The highest BCUT2D eigenvalue weighted by molar-refractivity contribution is 6.32. The predicted molar refractivity (Wildman–Crippen MR) is 118 cm³/mol. The lowest BCUT2D eigenvalue weighted by atomic mass is 10.1. The summed E-state index contributed by atoms with van der Waals surface area (Å²) in [4.78, 5) is 0. The van der Waals surface area contributed by atoms with Crippen molar-refractivity contribution >= 4 is 39.7 Å². The van der Waals surface area contributed by atoms with E-state index in [1.54, 1.807) is 12.1 Å². The molecular weight excluding hydrogens is 408 g/mol. The highest BCUT2D eigenvalue weighted by Crippen LogP contribution is 2.28. The summed E-state index contributed by atoms with van der Waals surface area (Å²) in [6.45, 7) is 0.970. The highest BCUT2D eigenvalue weighted by Gasteiger charge is 2.07. The van der Waals surface area contributed by atoms with Crippen LogP contribution in [0, 0.1) is 5.82 Å². The molecular formula is C24H18Cl2FNO. The Kier molecular flexibility index (Phi) is 5.89. The Morgan fingerprint density at radius 1 is 0.828 bits per heavy atom. The van der Waals surface area contributed by atoms with Crippen LogP contribution in [0.4, 0.5) is 10.1 Å². The summed E-state index contributed by atoms with van der Waals surface area (Å²) >= 11 is 12.2. The van der Waals surface area contributed by atoms with Gasteiger partial charge in [0.1, 0.15) is 18.2 Å². The van der Waals surface area contributed by atoms with Crippen LogP contribution >= 0.6 is 23.2 Å². The number of nitrogens with one attached hydrogen (secondary N) is 1. The lowest BCUT2D eigenvalue weighted by Crippen LogP contribution is -2.01. The first-order chi connectivity index (χ1) is 14.1. The quantitative estimate of drug-likeness (QED) is 0.345. The molecule has 0 saturated heterocycles. The number of hydrogen-bond acceptors (Lipinski definition) is 2. The van der Waals surface area contributed by atoms with Crippen LogP contribution in [0.25, 0.3) is 10.8 Å². The summed E-state index contributed by atoms with van der Waals surface area (Å²) in [6.07, 6.45) is 0. The van der Waals surface area contributed by atoms with Crippen LogP contribution in [0.1, 0.15) is 11.1 Å². The molecule has 4 aromatic rings. The zero-order valence-electron chi connectivity index (χ0n) is 15.5. The molecule has 0 heterocycles. The summed E-state index contributed by atoms with van der Waals surface area (Å²) in [5, 5.41) is 6.19. The molecule has 0 bridgehead atoms. The van der Waals surface area contributed by atoms with E-state index in [2.05, 4.69) is 29.6 Å². The van der Waals surface area contributed by atoms with Crippen molar-refractivity contribution in [2.45, 2.75) is 13.2 Å². The molecule has 1 N–H and O–H groups in total. The highest BCUT2D eigenvalue weighted by atomic mass is 35.5. The molecule has 0 amide bonds. The Hall–Kier alpha value is -2.75. The fourth-order valence-corrected chi connectivity index (χ4v) is 3.59. The van der Waals surface area contributed by atoms with Crippen molar-refractivity contribution in [1.82, 2.24) is 0 Å². The summed E-state index contributed by atoms with van der Waals surface area (Å²) in [6, 6.07) is 24.6. The van der Waals surface area contributed by atoms with Crippen LogP contribution in [0.15, 0.2) is 78.9 Å². The van der Waals surface area contributed by atoms with Gasteiger partial charge in [-0.25, -0.2) is 4.39 Å². The van der Waals surface area contributed by atoms with Crippen molar-refractivity contribution in [3.63, 3.8) is 0 Å². The van der Waals surface area contributed by atoms with Crippen LogP contribution in [0.3, 0.4) is 0 Å². The largest absolute Gasteiger partial charge is 0.487 e. The molecule has 0 aliphatic rings. The van der Waals surface area contributed by atoms with Crippen molar-refractivity contribution in [3.05, 3.63) is 106 Å². The molecule has 0 atom stereocenters. The van der Waals surface area contributed by atoms with E-state index in [0.29, 0.717) is 23.9 Å². The van der Waals surface area contributed by atoms with Crippen molar-refractivity contribution in [3.8, 4) is 5.75 Å². The Morgan fingerprint density at radius 2 is 1.66 bits per heavy atom. The molecule has 29 heavy (non-hydrogen) atoms. The average Bonchev–Trinajstić information content (AvgIpc) is 2.74. The third-order valence-electron chi connectivity index (χ3n) is 4.68. The molecule has 2 nitrogen and oxygen atoms in total. The maximum absolute atomic E-state index is 13.2. The molecule has 0 unspecified atom stereocenters. The maximum Gasteiger partial charge on any atom is 0.141 e. The topological polar surface area (TPSA) is 21.3 Å². The molecule has 0 aliphatic carbocycles. The van der Waals surface area contributed by atoms with Crippen LogP contribution < -0.4 is 10.1 Å². The second-order valence-electron chi connectivity index (χ2n) is 6.67. The zero-order chi connectivity index (χ0) is 20.2. The number of hydrogen-bond donors (Lipinski definition) is 1. The van der Waals surface area contributed by atoms with Gasteiger partial charge in [0.2, 0.25) is 0 Å². The first kappa shape index (κ1) is 19.6. The van der Waals surface area contributed by atoms with E-state index in [0.717, 1.165) is 16.8 Å². The molecule has 146 valence electrons. The van der Waals surface area contributed by atoms with E-state index in [1.165, 1.54) is 16.8 Å². The van der Waals surface area contributed by atoms with E-state index in [-0.39, 0.29) is 5.02 Å². The molecule has 4 rings (SSSR count). The van der Waals surface area contributed by atoms with Gasteiger partial charge in [-0.1, -0.05) is 71.7 Å². The van der Waals surface area contributed by atoms with Gasteiger partial charge >= 0.3 is 0 Å². The minimum atomic E-state index is -0.437. The Labute approximate surface area is 178 Å². The van der Waals surface area contributed by atoms with Crippen LogP contribution in [0.5, 0.6) is 5.75 Å². The fraction of sp³-hybridized carbons (Fsp3) is 0.0833. The summed E-state index contributed by atoms with van der Waals surface area (Å²) < 4.78 is 19.2. The van der Waals surface area contributed by atoms with Gasteiger partial charge in [0.05, 0.1) is 10.0 Å². The molecule has 0 radical (unpaired) electrons. The summed E-state index contributed by atoms with van der Waals surface area (Å²) in [5.41, 5.74) is 2.83.